The predicted molar refractivity (Wildman–Crippen MR) is 87.3 cm³/mol. The molecule has 0 bridgehead atoms. The van der Waals surface area contributed by atoms with Gasteiger partial charge in [-0.1, -0.05) is 42.0 Å². The molecular formula is C18H22N2O. The molecule has 3 heteroatoms. The third-order valence-corrected chi connectivity index (χ3v) is 3.98. The topological polar surface area (TPSA) is 46.3 Å². The minimum absolute atomic E-state index is 0.00268. The first-order chi connectivity index (χ1) is 9.91. The summed E-state index contributed by atoms with van der Waals surface area (Å²) in [5.41, 5.74) is 10.3. The number of nitrogen functional groups attached to an aromatic ring is 1. The zero-order chi connectivity index (χ0) is 15.6. The molecule has 1 amide bonds. The fourth-order valence-corrected chi connectivity index (χ4v) is 2.40. The Morgan fingerprint density at radius 3 is 2.29 bits per heavy atom. The van der Waals surface area contributed by atoms with Gasteiger partial charge in [0.15, 0.2) is 0 Å². The molecule has 0 heterocycles. The Bertz CT molecular complexity index is 627. The number of anilines is 1. The molecule has 2 rings (SSSR count). The van der Waals surface area contributed by atoms with E-state index in [0.717, 1.165) is 11.1 Å². The Hall–Kier alpha value is -2.29. The van der Waals surface area contributed by atoms with Gasteiger partial charge in [0.2, 0.25) is 0 Å². The molecule has 2 aromatic carbocycles. The van der Waals surface area contributed by atoms with E-state index in [0.29, 0.717) is 11.3 Å². The lowest BCUT2D eigenvalue weighted by Crippen LogP contribution is -2.30. The second-order valence-corrected chi connectivity index (χ2v) is 5.54. The fourth-order valence-electron chi connectivity index (χ4n) is 2.40. The molecule has 2 N–H and O–H groups in total. The van der Waals surface area contributed by atoms with Crippen molar-refractivity contribution < 1.29 is 4.79 Å². The second kappa shape index (κ2) is 6.00. The summed E-state index contributed by atoms with van der Waals surface area (Å²) < 4.78 is 0. The van der Waals surface area contributed by atoms with Crippen LogP contribution in [0.15, 0.2) is 42.5 Å². The molecule has 0 saturated heterocycles. The van der Waals surface area contributed by atoms with Gasteiger partial charge in [-0.15, -0.1) is 0 Å². The largest absolute Gasteiger partial charge is 0.398 e. The summed E-state index contributed by atoms with van der Waals surface area (Å²) in [5, 5.41) is 0. The first-order valence-electron chi connectivity index (χ1n) is 7.10. The molecule has 0 radical (unpaired) electrons. The highest BCUT2D eigenvalue weighted by Crippen LogP contribution is 2.24. The maximum atomic E-state index is 12.7. The van der Waals surface area contributed by atoms with Crippen molar-refractivity contribution in [3.05, 3.63) is 64.7 Å². The number of carbonyl (C=O) groups excluding carboxylic acids is 1. The lowest BCUT2D eigenvalue weighted by Gasteiger charge is -2.26. The summed E-state index contributed by atoms with van der Waals surface area (Å²) in [4.78, 5) is 14.5. The Morgan fingerprint density at radius 1 is 1.10 bits per heavy atom. The summed E-state index contributed by atoms with van der Waals surface area (Å²) >= 11 is 0. The van der Waals surface area contributed by atoms with Gasteiger partial charge in [0, 0.05) is 12.7 Å². The van der Waals surface area contributed by atoms with Crippen LogP contribution in [0.1, 0.15) is 40.0 Å². The number of amides is 1. The SMILES string of the molecule is Cc1ccc(C(C)N(C)C(=O)c2c(C)cccc2N)cc1. The lowest BCUT2D eigenvalue weighted by atomic mass is 10.0. The van der Waals surface area contributed by atoms with Gasteiger partial charge in [-0.3, -0.25) is 4.79 Å². The number of aryl methyl sites for hydroxylation is 2. The third kappa shape index (κ3) is 3.07. The molecule has 0 spiro atoms. The van der Waals surface area contributed by atoms with Crippen molar-refractivity contribution in [2.75, 3.05) is 12.8 Å². The Kier molecular flexibility index (Phi) is 4.32. The van der Waals surface area contributed by atoms with Crippen molar-refractivity contribution in [3.8, 4) is 0 Å². The standard InChI is InChI=1S/C18H22N2O/c1-12-8-10-15(11-9-12)14(3)20(4)18(21)17-13(2)6-5-7-16(17)19/h5-11,14H,19H2,1-4H3. The normalized spacial score (nSPS) is 12.0. The van der Waals surface area contributed by atoms with E-state index in [1.807, 2.05) is 33.0 Å². The van der Waals surface area contributed by atoms with Crippen LogP contribution in [0.3, 0.4) is 0 Å². The average Bonchev–Trinajstić information content (AvgIpc) is 2.46. The van der Waals surface area contributed by atoms with Gasteiger partial charge in [-0.2, -0.15) is 0 Å². The molecule has 1 atom stereocenters. The number of carbonyl (C=O) groups is 1. The van der Waals surface area contributed by atoms with Gasteiger partial charge in [0.1, 0.15) is 0 Å². The average molecular weight is 282 g/mol. The van der Waals surface area contributed by atoms with E-state index in [9.17, 15) is 4.79 Å². The maximum Gasteiger partial charge on any atom is 0.256 e. The van der Waals surface area contributed by atoms with E-state index in [4.69, 9.17) is 5.73 Å². The molecule has 0 aromatic heterocycles. The van der Waals surface area contributed by atoms with Crippen LogP contribution in [0.25, 0.3) is 0 Å². The highest BCUT2D eigenvalue weighted by atomic mass is 16.2. The number of hydrogen-bond acceptors (Lipinski definition) is 2. The van der Waals surface area contributed by atoms with Crippen molar-refractivity contribution in [2.24, 2.45) is 0 Å². The number of hydrogen-bond donors (Lipinski definition) is 1. The lowest BCUT2D eigenvalue weighted by molar-refractivity contribution is 0.0743. The third-order valence-electron chi connectivity index (χ3n) is 3.98. The van der Waals surface area contributed by atoms with Crippen molar-refractivity contribution in [3.63, 3.8) is 0 Å². The highest BCUT2D eigenvalue weighted by molar-refractivity contribution is 6.00. The van der Waals surface area contributed by atoms with Gasteiger partial charge in [0.05, 0.1) is 11.6 Å². The molecule has 2 aromatic rings. The zero-order valence-electron chi connectivity index (χ0n) is 13.1. The van der Waals surface area contributed by atoms with Gasteiger partial charge in [-0.25, -0.2) is 0 Å². The second-order valence-electron chi connectivity index (χ2n) is 5.54. The van der Waals surface area contributed by atoms with Gasteiger partial charge in [-0.05, 0) is 38.0 Å². The summed E-state index contributed by atoms with van der Waals surface area (Å²) in [5.74, 6) is -0.0429. The molecule has 21 heavy (non-hydrogen) atoms. The molecular weight excluding hydrogens is 260 g/mol. The van der Waals surface area contributed by atoms with Crippen LogP contribution < -0.4 is 5.73 Å². The van der Waals surface area contributed by atoms with Crippen LogP contribution in [0, 0.1) is 13.8 Å². The van der Waals surface area contributed by atoms with Crippen molar-refractivity contribution >= 4 is 11.6 Å². The molecule has 1 unspecified atom stereocenters. The first-order valence-corrected chi connectivity index (χ1v) is 7.10. The highest BCUT2D eigenvalue weighted by Gasteiger charge is 2.21. The Labute approximate surface area is 126 Å². The van der Waals surface area contributed by atoms with Gasteiger partial charge < -0.3 is 10.6 Å². The Balaban J connectivity index is 2.28. The van der Waals surface area contributed by atoms with Crippen molar-refractivity contribution in [1.29, 1.82) is 0 Å². The van der Waals surface area contributed by atoms with Crippen LogP contribution >= 0.6 is 0 Å². The van der Waals surface area contributed by atoms with E-state index in [-0.39, 0.29) is 11.9 Å². The van der Waals surface area contributed by atoms with Crippen molar-refractivity contribution in [2.45, 2.75) is 26.8 Å². The van der Waals surface area contributed by atoms with E-state index < -0.39 is 0 Å². The molecule has 0 aliphatic carbocycles. The fraction of sp³-hybridized carbons (Fsp3) is 0.278. The smallest absolute Gasteiger partial charge is 0.256 e. The van der Waals surface area contributed by atoms with Gasteiger partial charge in [0.25, 0.3) is 5.91 Å². The number of benzene rings is 2. The molecule has 110 valence electrons. The summed E-state index contributed by atoms with van der Waals surface area (Å²) in [6, 6.07) is 13.8. The summed E-state index contributed by atoms with van der Waals surface area (Å²) in [7, 11) is 1.82. The first kappa shape index (κ1) is 15.1. The van der Waals surface area contributed by atoms with E-state index >= 15 is 0 Å². The zero-order valence-corrected chi connectivity index (χ0v) is 13.1. The van der Waals surface area contributed by atoms with E-state index in [2.05, 4.69) is 31.2 Å². The van der Waals surface area contributed by atoms with E-state index in [1.54, 1.807) is 11.0 Å². The van der Waals surface area contributed by atoms with Crippen LogP contribution in [-0.2, 0) is 0 Å². The van der Waals surface area contributed by atoms with E-state index in [1.165, 1.54) is 5.56 Å². The van der Waals surface area contributed by atoms with Crippen LogP contribution in [0.2, 0.25) is 0 Å². The minimum atomic E-state index is -0.0429. The number of nitrogens with zero attached hydrogens (tertiary/aromatic N) is 1. The molecule has 0 aliphatic heterocycles. The predicted octanol–water partition coefficient (Wildman–Crippen LogP) is 3.72. The molecule has 0 fully saturated rings. The quantitative estimate of drug-likeness (QED) is 0.872. The van der Waals surface area contributed by atoms with Gasteiger partial charge >= 0.3 is 0 Å². The maximum absolute atomic E-state index is 12.7. The van der Waals surface area contributed by atoms with Crippen LogP contribution in [-0.4, -0.2) is 17.9 Å². The minimum Gasteiger partial charge on any atom is -0.398 e. The summed E-state index contributed by atoms with van der Waals surface area (Å²) in [6.45, 7) is 5.99. The Morgan fingerprint density at radius 2 is 1.71 bits per heavy atom. The number of nitrogens with two attached hydrogens (primary N) is 1. The summed E-state index contributed by atoms with van der Waals surface area (Å²) in [6.07, 6.45) is 0. The molecule has 0 saturated carbocycles. The van der Waals surface area contributed by atoms with Crippen molar-refractivity contribution in [1.82, 2.24) is 4.90 Å². The molecule has 0 aliphatic rings. The molecule has 3 nitrogen and oxygen atoms in total. The monoisotopic (exact) mass is 282 g/mol. The van der Waals surface area contributed by atoms with Crippen LogP contribution in [0.5, 0.6) is 0 Å². The number of rotatable bonds is 3. The van der Waals surface area contributed by atoms with Crippen LogP contribution in [0.4, 0.5) is 5.69 Å².